The summed E-state index contributed by atoms with van der Waals surface area (Å²) in [4.78, 5) is 25.2. The summed E-state index contributed by atoms with van der Waals surface area (Å²) in [6.45, 7) is 2.27. The number of hydrogen-bond donors (Lipinski definition) is 3. The van der Waals surface area contributed by atoms with Gasteiger partial charge in [-0.15, -0.1) is 10.2 Å². The normalized spacial score (nSPS) is 13.5. The fraction of sp³-hybridized carbons (Fsp3) is 0.294. The number of anilines is 2. The number of nitrogens with zero attached hydrogens (tertiary/aromatic N) is 3. The second-order valence-electron chi connectivity index (χ2n) is 5.84. The van der Waals surface area contributed by atoms with Gasteiger partial charge in [0.15, 0.2) is 11.5 Å². The summed E-state index contributed by atoms with van der Waals surface area (Å²) in [5.41, 5.74) is 6.78. The maximum Gasteiger partial charge on any atom is 0.316 e. The molecule has 1 fully saturated rings. The lowest BCUT2D eigenvalue weighted by Gasteiger charge is -2.15. The van der Waals surface area contributed by atoms with Crippen LogP contribution in [0.15, 0.2) is 36.4 Å². The van der Waals surface area contributed by atoms with Gasteiger partial charge in [-0.3, -0.25) is 4.79 Å². The van der Waals surface area contributed by atoms with Crippen LogP contribution in [0.2, 0.25) is 0 Å². The van der Waals surface area contributed by atoms with Crippen molar-refractivity contribution in [2.24, 2.45) is 5.73 Å². The van der Waals surface area contributed by atoms with Gasteiger partial charge in [-0.2, -0.15) is 0 Å². The highest BCUT2D eigenvalue weighted by Crippen LogP contribution is 2.16. The molecule has 1 aliphatic heterocycles. The van der Waals surface area contributed by atoms with Gasteiger partial charge in [-0.25, -0.2) is 4.79 Å². The number of aromatic nitrogens is 2. The number of amides is 3. The summed E-state index contributed by atoms with van der Waals surface area (Å²) in [5.74, 6) is 0.507. The molecule has 0 saturated carbocycles. The van der Waals surface area contributed by atoms with E-state index in [4.69, 9.17) is 5.73 Å². The SMILES string of the molecule is NC(=O)Nc1cccc(CNC(=O)c2ccc(N3CCCC3)nn2)c1. The zero-order valence-corrected chi connectivity index (χ0v) is 13.7. The molecule has 3 rings (SSSR count). The molecule has 0 radical (unpaired) electrons. The molecule has 25 heavy (non-hydrogen) atoms. The van der Waals surface area contributed by atoms with Crippen LogP contribution in [0.1, 0.15) is 28.9 Å². The van der Waals surface area contributed by atoms with Gasteiger partial charge >= 0.3 is 6.03 Å². The number of urea groups is 1. The molecular formula is C17H20N6O2. The standard InChI is InChI=1S/C17H20N6O2/c18-17(25)20-13-5-3-4-12(10-13)11-19-16(24)14-6-7-15(22-21-14)23-8-1-2-9-23/h3-7,10H,1-2,8-9,11H2,(H,19,24)(H3,18,20,25). The van der Waals surface area contributed by atoms with Gasteiger partial charge in [0.2, 0.25) is 0 Å². The van der Waals surface area contributed by atoms with Gasteiger partial charge in [-0.1, -0.05) is 12.1 Å². The van der Waals surface area contributed by atoms with Gasteiger partial charge in [0.25, 0.3) is 5.91 Å². The van der Waals surface area contributed by atoms with Gasteiger partial charge < -0.3 is 21.3 Å². The lowest BCUT2D eigenvalue weighted by atomic mass is 10.2. The van der Waals surface area contributed by atoms with E-state index in [2.05, 4.69) is 25.7 Å². The molecular weight excluding hydrogens is 320 g/mol. The molecule has 2 aromatic rings. The Bertz CT molecular complexity index is 756. The zero-order valence-electron chi connectivity index (χ0n) is 13.7. The summed E-state index contributed by atoms with van der Waals surface area (Å²) in [6.07, 6.45) is 2.32. The van der Waals surface area contributed by atoms with Crippen molar-refractivity contribution >= 4 is 23.4 Å². The first-order valence-corrected chi connectivity index (χ1v) is 8.14. The highest BCUT2D eigenvalue weighted by molar-refractivity contribution is 5.92. The van der Waals surface area contributed by atoms with Gasteiger partial charge in [0.1, 0.15) is 0 Å². The zero-order chi connectivity index (χ0) is 17.6. The first kappa shape index (κ1) is 16.7. The Morgan fingerprint density at radius 1 is 1.12 bits per heavy atom. The van der Waals surface area contributed by atoms with Crippen molar-refractivity contribution in [2.45, 2.75) is 19.4 Å². The minimum Gasteiger partial charge on any atom is -0.355 e. The third-order valence-electron chi connectivity index (χ3n) is 3.96. The van der Waals surface area contributed by atoms with Crippen molar-refractivity contribution in [3.8, 4) is 0 Å². The first-order valence-electron chi connectivity index (χ1n) is 8.14. The van der Waals surface area contributed by atoms with Crippen molar-refractivity contribution in [1.82, 2.24) is 15.5 Å². The molecule has 130 valence electrons. The fourth-order valence-corrected chi connectivity index (χ4v) is 2.74. The minimum atomic E-state index is -0.630. The highest BCUT2D eigenvalue weighted by atomic mass is 16.2. The quantitative estimate of drug-likeness (QED) is 0.763. The van der Waals surface area contributed by atoms with Crippen molar-refractivity contribution in [3.05, 3.63) is 47.7 Å². The topological polar surface area (TPSA) is 113 Å². The summed E-state index contributed by atoms with van der Waals surface area (Å²) in [7, 11) is 0. The van der Waals surface area contributed by atoms with Crippen LogP contribution in [-0.2, 0) is 6.54 Å². The molecule has 2 heterocycles. The largest absolute Gasteiger partial charge is 0.355 e. The number of benzene rings is 1. The van der Waals surface area contributed by atoms with Crippen LogP contribution in [0.25, 0.3) is 0 Å². The van der Waals surface area contributed by atoms with Crippen LogP contribution in [-0.4, -0.2) is 35.2 Å². The Morgan fingerprint density at radius 3 is 2.60 bits per heavy atom. The summed E-state index contributed by atoms with van der Waals surface area (Å²) < 4.78 is 0. The summed E-state index contributed by atoms with van der Waals surface area (Å²) in [5, 5.41) is 13.4. The lowest BCUT2D eigenvalue weighted by molar-refractivity contribution is 0.0945. The molecule has 4 N–H and O–H groups in total. The molecule has 3 amide bonds. The molecule has 1 aromatic carbocycles. The number of primary amides is 1. The Labute approximate surface area is 145 Å². The van der Waals surface area contributed by atoms with Gasteiger partial charge in [0.05, 0.1) is 0 Å². The maximum atomic E-state index is 12.2. The van der Waals surface area contributed by atoms with Crippen LogP contribution in [0, 0.1) is 0 Å². The Morgan fingerprint density at radius 2 is 1.92 bits per heavy atom. The van der Waals surface area contributed by atoms with Crippen molar-refractivity contribution in [1.29, 1.82) is 0 Å². The second kappa shape index (κ2) is 7.61. The maximum absolute atomic E-state index is 12.2. The Balaban J connectivity index is 1.58. The third-order valence-corrected chi connectivity index (χ3v) is 3.96. The molecule has 1 aliphatic rings. The molecule has 8 heteroatoms. The van der Waals surface area contributed by atoms with E-state index < -0.39 is 6.03 Å². The Hall–Kier alpha value is -3.16. The molecule has 1 saturated heterocycles. The monoisotopic (exact) mass is 340 g/mol. The van der Waals surface area contributed by atoms with Gasteiger partial charge in [-0.05, 0) is 42.7 Å². The van der Waals surface area contributed by atoms with Crippen molar-refractivity contribution in [2.75, 3.05) is 23.3 Å². The summed E-state index contributed by atoms with van der Waals surface area (Å²) >= 11 is 0. The van der Waals surface area contributed by atoms with Crippen molar-refractivity contribution < 1.29 is 9.59 Å². The second-order valence-corrected chi connectivity index (χ2v) is 5.84. The van der Waals surface area contributed by atoms with Crippen LogP contribution >= 0.6 is 0 Å². The molecule has 0 bridgehead atoms. The number of nitrogens with one attached hydrogen (secondary N) is 2. The lowest BCUT2D eigenvalue weighted by Crippen LogP contribution is -2.25. The molecule has 1 aromatic heterocycles. The number of carbonyl (C=O) groups is 2. The van der Waals surface area contributed by atoms with Crippen LogP contribution in [0.5, 0.6) is 0 Å². The van der Waals surface area contributed by atoms with E-state index in [0.29, 0.717) is 12.2 Å². The number of nitrogens with two attached hydrogens (primary N) is 1. The minimum absolute atomic E-state index is 0.273. The van der Waals surface area contributed by atoms with Crippen LogP contribution in [0.4, 0.5) is 16.3 Å². The summed E-state index contributed by atoms with van der Waals surface area (Å²) in [6, 6.07) is 9.96. The number of hydrogen-bond acceptors (Lipinski definition) is 5. The predicted octanol–water partition coefficient (Wildman–Crippen LogP) is 1.50. The van der Waals surface area contributed by atoms with Gasteiger partial charge in [0, 0.05) is 25.3 Å². The number of rotatable bonds is 5. The molecule has 0 aliphatic carbocycles. The first-order chi connectivity index (χ1) is 12.1. The average Bonchev–Trinajstić information content (AvgIpc) is 3.14. The molecule has 0 unspecified atom stereocenters. The van der Waals surface area contributed by atoms with E-state index in [1.165, 1.54) is 0 Å². The average molecular weight is 340 g/mol. The van der Waals surface area contributed by atoms with E-state index in [9.17, 15) is 9.59 Å². The highest BCUT2D eigenvalue weighted by Gasteiger charge is 2.15. The number of carbonyl (C=O) groups excluding carboxylic acids is 2. The van der Waals surface area contributed by atoms with E-state index in [0.717, 1.165) is 37.3 Å². The van der Waals surface area contributed by atoms with E-state index in [1.54, 1.807) is 24.3 Å². The van der Waals surface area contributed by atoms with Crippen LogP contribution < -0.4 is 21.3 Å². The molecule has 0 atom stereocenters. The van der Waals surface area contributed by atoms with Crippen LogP contribution in [0.3, 0.4) is 0 Å². The van der Waals surface area contributed by atoms with E-state index in [1.807, 2.05) is 12.1 Å². The molecule has 8 nitrogen and oxygen atoms in total. The van der Waals surface area contributed by atoms with Crippen molar-refractivity contribution in [3.63, 3.8) is 0 Å². The van der Waals surface area contributed by atoms with E-state index in [-0.39, 0.29) is 11.6 Å². The predicted molar refractivity (Wildman–Crippen MR) is 94.3 cm³/mol. The Kier molecular flexibility index (Phi) is 5.08. The fourth-order valence-electron chi connectivity index (χ4n) is 2.74. The molecule has 0 spiro atoms. The van der Waals surface area contributed by atoms with E-state index >= 15 is 0 Å². The smallest absolute Gasteiger partial charge is 0.316 e. The third kappa shape index (κ3) is 4.43.